The SMILES string of the molecule is COC(=O)c1ccc(S(=O)(=O)NCCC2CCCNC2)cc1. The fourth-order valence-corrected chi connectivity index (χ4v) is 3.59. The van der Waals surface area contributed by atoms with Gasteiger partial charge in [0.05, 0.1) is 17.6 Å². The third-order valence-electron chi connectivity index (χ3n) is 3.83. The molecule has 122 valence electrons. The molecule has 0 saturated carbocycles. The number of esters is 1. The van der Waals surface area contributed by atoms with E-state index in [1.165, 1.54) is 31.4 Å². The summed E-state index contributed by atoms with van der Waals surface area (Å²) in [7, 11) is -2.25. The third kappa shape index (κ3) is 4.53. The van der Waals surface area contributed by atoms with Gasteiger partial charge in [0.25, 0.3) is 0 Å². The predicted molar refractivity (Wildman–Crippen MR) is 83.2 cm³/mol. The molecule has 2 rings (SSSR count). The van der Waals surface area contributed by atoms with E-state index in [-0.39, 0.29) is 4.90 Å². The van der Waals surface area contributed by atoms with E-state index in [0.29, 0.717) is 18.0 Å². The minimum Gasteiger partial charge on any atom is -0.465 e. The van der Waals surface area contributed by atoms with Crippen LogP contribution in [0.25, 0.3) is 0 Å². The van der Waals surface area contributed by atoms with Crippen molar-refractivity contribution in [3.05, 3.63) is 29.8 Å². The van der Waals surface area contributed by atoms with E-state index in [2.05, 4.69) is 14.8 Å². The maximum absolute atomic E-state index is 12.2. The lowest BCUT2D eigenvalue weighted by atomic mass is 9.96. The number of nitrogens with one attached hydrogen (secondary N) is 2. The monoisotopic (exact) mass is 326 g/mol. The molecule has 7 heteroatoms. The second-order valence-electron chi connectivity index (χ2n) is 5.41. The zero-order valence-electron chi connectivity index (χ0n) is 12.7. The molecule has 1 fully saturated rings. The van der Waals surface area contributed by atoms with Crippen LogP contribution in [0.15, 0.2) is 29.2 Å². The van der Waals surface area contributed by atoms with Crippen molar-refractivity contribution < 1.29 is 17.9 Å². The molecule has 6 nitrogen and oxygen atoms in total. The molecule has 22 heavy (non-hydrogen) atoms. The zero-order chi connectivity index (χ0) is 16.0. The fraction of sp³-hybridized carbons (Fsp3) is 0.533. The molecule has 0 aromatic heterocycles. The van der Waals surface area contributed by atoms with Crippen LogP contribution in [0.4, 0.5) is 0 Å². The van der Waals surface area contributed by atoms with Crippen LogP contribution in [-0.2, 0) is 14.8 Å². The summed E-state index contributed by atoms with van der Waals surface area (Å²) in [6.07, 6.45) is 3.11. The van der Waals surface area contributed by atoms with Crippen LogP contribution in [0.5, 0.6) is 0 Å². The topological polar surface area (TPSA) is 84.5 Å². The van der Waals surface area contributed by atoms with Gasteiger partial charge < -0.3 is 10.1 Å². The summed E-state index contributed by atoms with van der Waals surface area (Å²) in [6, 6.07) is 5.73. The van der Waals surface area contributed by atoms with Crippen molar-refractivity contribution in [2.75, 3.05) is 26.7 Å². The number of carbonyl (C=O) groups is 1. The number of rotatable bonds is 6. The maximum atomic E-state index is 12.2. The molecule has 2 N–H and O–H groups in total. The van der Waals surface area contributed by atoms with Gasteiger partial charge >= 0.3 is 5.97 Å². The van der Waals surface area contributed by atoms with Crippen molar-refractivity contribution >= 4 is 16.0 Å². The lowest BCUT2D eigenvalue weighted by Crippen LogP contribution is -2.33. The average molecular weight is 326 g/mol. The average Bonchev–Trinajstić information content (AvgIpc) is 2.55. The highest BCUT2D eigenvalue weighted by atomic mass is 32.2. The molecular weight excluding hydrogens is 304 g/mol. The van der Waals surface area contributed by atoms with Crippen molar-refractivity contribution in [2.45, 2.75) is 24.2 Å². The van der Waals surface area contributed by atoms with Gasteiger partial charge in [-0.25, -0.2) is 17.9 Å². The summed E-state index contributed by atoms with van der Waals surface area (Å²) in [5, 5.41) is 3.32. The van der Waals surface area contributed by atoms with Crippen LogP contribution in [0, 0.1) is 5.92 Å². The van der Waals surface area contributed by atoms with Crippen LogP contribution < -0.4 is 10.0 Å². The molecular formula is C15H22N2O4S. The van der Waals surface area contributed by atoms with Crippen LogP contribution >= 0.6 is 0 Å². The minimum absolute atomic E-state index is 0.155. The van der Waals surface area contributed by atoms with Gasteiger partial charge in [0, 0.05) is 6.54 Å². The van der Waals surface area contributed by atoms with Gasteiger partial charge in [-0.15, -0.1) is 0 Å². The summed E-state index contributed by atoms with van der Waals surface area (Å²) in [5.74, 6) is 0.0415. The van der Waals surface area contributed by atoms with Crippen molar-refractivity contribution in [3.63, 3.8) is 0 Å². The first kappa shape index (κ1) is 16.9. The quantitative estimate of drug-likeness (QED) is 0.766. The molecule has 0 amide bonds. The Morgan fingerprint density at radius 2 is 2.09 bits per heavy atom. The van der Waals surface area contributed by atoms with Crippen molar-refractivity contribution in [1.82, 2.24) is 10.0 Å². The van der Waals surface area contributed by atoms with Gasteiger partial charge in [-0.2, -0.15) is 0 Å². The Hall–Kier alpha value is -1.44. The molecule has 1 aromatic carbocycles. The zero-order valence-corrected chi connectivity index (χ0v) is 13.5. The molecule has 1 aliphatic heterocycles. The number of carbonyl (C=O) groups excluding carboxylic acids is 1. The number of hydrogen-bond acceptors (Lipinski definition) is 5. The molecule has 1 atom stereocenters. The summed E-state index contributed by atoms with van der Waals surface area (Å²) >= 11 is 0. The van der Waals surface area contributed by atoms with Gasteiger partial charge in [-0.1, -0.05) is 0 Å². The summed E-state index contributed by atoms with van der Waals surface area (Å²) < 4.78 is 31.6. The Kier molecular flexibility index (Phi) is 5.93. The largest absolute Gasteiger partial charge is 0.465 e. The number of sulfonamides is 1. The van der Waals surface area contributed by atoms with Crippen LogP contribution in [-0.4, -0.2) is 41.1 Å². The summed E-state index contributed by atoms with van der Waals surface area (Å²) in [6.45, 7) is 2.43. The third-order valence-corrected chi connectivity index (χ3v) is 5.31. The lowest BCUT2D eigenvalue weighted by Gasteiger charge is -2.22. The van der Waals surface area contributed by atoms with Gasteiger partial charge in [-0.3, -0.25) is 0 Å². The van der Waals surface area contributed by atoms with Gasteiger partial charge in [0.1, 0.15) is 0 Å². The molecule has 1 heterocycles. The Balaban J connectivity index is 1.90. The normalized spacial score (nSPS) is 18.9. The molecule has 1 saturated heterocycles. The summed E-state index contributed by atoms with van der Waals surface area (Å²) in [4.78, 5) is 11.5. The molecule has 1 aliphatic rings. The first-order chi connectivity index (χ1) is 10.5. The van der Waals surface area contributed by atoms with Crippen LogP contribution in [0.3, 0.4) is 0 Å². The highest BCUT2D eigenvalue weighted by molar-refractivity contribution is 7.89. The molecule has 0 aliphatic carbocycles. The van der Waals surface area contributed by atoms with E-state index in [1.807, 2.05) is 0 Å². The van der Waals surface area contributed by atoms with Crippen molar-refractivity contribution in [3.8, 4) is 0 Å². The molecule has 0 bridgehead atoms. The molecule has 1 unspecified atom stereocenters. The molecule has 0 radical (unpaired) electrons. The number of piperidine rings is 1. The van der Waals surface area contributed by atoms with E-state index in [0.717, 1.165) is 32.4 Å². The number of methoxy groups -OCH3 is 1. The summed E-state index contributed by atoms with van der Waals surface area (Å²) in [5.41, 5.74) is 0.328. The fourth-order valence-electron chi connectivity index (χ4n) is 2.54. The van der Waals surface area contributed by atoms with Crippen LogP contribution in [0.1, 0.15) is 29.6 Å². The standard InChI is InChI=1S/C15H22N2O4S/c1-21-15(18)13-4-6-14(7-5-13)22(19,20)17-10-8-12-3-2-9-16-11-12/h4-7,12,16-17H,2-3,8-11H2,1H3. The Morgan fingerprint density at radius 3 is 2.68 bits per heavy atom. The minimum atomic E-state index is -3.53. The number of ether oxygens (including phenoxy) is 1. The van der Waals surface area contributed by atoms with Crippen molar-refractivity contribution in [2.24, 2.45) is 5.92 Å². The smallest absolute Gasteiger partial charge is 0.337 e. The Bertz CT molecular complexity index is 592. The first-order valence-corrected chi connectivity index (χ1v) is 8.90. The van der Waals surface area contributed by atoms with Crippen LogP contribution in [0.2, 0.25) is 0 Å². The van der Waals surface area contributed by atoms with E-state index in [1.54, 1.807) is 0 Å². The highest BCUT2D eigenvalue weighted by Gasteiger charge is 2.17. The second kappa shape index (κ2) is 7.71. The predicted octanol–water partition coefficient (Wildman–Crippen LogP) is 1.14. The van der Waals surface area contributed by atoms with Crippen molar-refractivity contribution in [1.29, 1.82) is 0 Å². The maximum Gasteiger partial charge on any atom is 0.337 e. The number of benzene rings is 1. The first-order valence-electron chi connectivity index (χ1n) is 7.41. The van der Waals surface area contributed by atoms with Gasteiger partial charge in [0.2, 0.25) is 10.0 Å². The molecule has 1 aromatic rings. The Labute approximate surface area is 131 Å². The Morgan fingerprint density at radius 1 is 1.36 bits per heavy atom. The highest BCUT2D eigenvalue weighted by Crippen LogP contribution is 2.15. The molecule has 0 spiro atoms. The number of hydrogen-bond donors (Lipinski definition) is 2. The van der Waals surface area contributed by atoms with E-state index < -0.39 is 16.0 Å². The lowest BCUT2D eigenvalue weighted by molar-refractivity contribution is 0.0600. The van der Waals surface area contributed by atoms with E-state index in [9.17, 15) is 13.2 Å². The van der Waals surface area contributed by atoms with E-state index >= 15 is 0 Å². The van der Waals surface area contributed by atoms with E-state index in [4.69, 9.17) is 0 Å². The van der Waals surface area contributed by atoms with Gasteiger partial charge in [0.15, 0.2) is 0 Å². The van der Waals surface area contributed by atoms with Gasteiger partial charge in [-0.05, 0) is 62.5 Å². The second-order valence-corrected chi connectivity index (χ2v) is 7.18.